The number of hydrogen-bond donors (Lipinski definition) is 2. The second-order valence-corrected chi connectivity index (χ2v) is 1.83. The second-order valence-electron chi connectivity index (χ2n) is 1.41. The van der Waals surface area contributed by atoms with Crippen LogP contribution in [-0.4, -0.2) is 17.7 Å². The molecule has 6 heteroatoms. The fourth-order valence-corrected chi connectivity index (χ4v) is 0.357. The Morgan fingerprint density at radius 3 is 2.30 bits per heavy atom. The van der Waals surface area contributed by atoms with Crippen molar-refractivity contribution in [2.24, 2.45) is 16.5 Å². The number of nitrogens with two attached hydrogens (primary N) is 2. The monoisotopic (exact) mass is 169 g/mol. The molecule has 4 nitrogen and oxygen atoms in total. The van der Waals surface area contributed by atoms with Gasteiger partial charge in [0.15, 0.2) is 5.96 Å². The SMILES string of the molecule is F.NC(N)=NCCC(=O)Cl. The van der Waals surface area contributed by atoms with Crippen molar-refractivity contribution >= 4 is 22.8 Å². The summed E-state index contributed by atoms with van der Waals surface area (Å²) in [5.74, 6) is -0.0204. The molecule has 0 saturated carbocycles. The summed E-state index contributed by atoms with van der Waals surface area (Å²) in [7, 11) is 0. The maximum Gasteiger partial charge on any atom is 0.223 e. The van der Waals surface area contributed by atoms with Crippen LogP contribution in [0.4, 0.5) is 4.70 Å². The Kier molecular flexibility index (Phi) is 7.47. The van der Waals surface area contributed by atoms with E-state index in [0.717, 1.165) is 0 Å². The highest BCUT2D eigenvalue weighted by Gasteiger charge is 1.92. The predicted octanol–water partition coefficient (Wildman–Crippen LogP) is -0.432. The molecule has 0 aromatic carbocycles. The van der Waals surface area contributed by atoms with Crippen molar-refractivity contribution in [3.63, 3.8) is 0 Å². The van der Waals surface area contributed by atoms with Gasteiger partial charge >= 0.3 is 0 Å². The smallest absolute Gasteiger partial charge is 0.223 e. The minimum Gasteiger partial charge on any atom is -0.370 e. The summed E-state index contributed by atoms with van der Waals surface area (Å²) in [6.07, 6.45) is 0.180. The summed E-state index contributed by atoms with van der Waals surface area (Å²) in [5.41, 5.74) is 9.90. The number of guanidine groups is 1. The van der Waals surface area contributed by atoms with E-state index in [1.165, 1.54) is 0 Å². The Bertz CT molecular complexity index is 134. The predicted molar refractivity (Wildman–Crippen MR) is 38.7 cm³/mol. The molecule has 10 heavy (non-hydrogen) atoms. The molecule has 0 unspecified atom stereocenters. The standard InChI is InChI=1S/C4H8ClN3O.FH/c5-3(9)1-2-8-4(6)7;/h1-2H2,(H4,6,7,8);1H. The number of aliphatic imine (C=N–C) groups is 1. The van der Waals surface area contributed by atoms with Crippen molar-refractivity contribution in [2.45, 2.75) is 6.42 Å². The molecule has 0 saturated heterocycles. The van der Waals surface area contributed by atoms with Gasteiger partial charge in [-0.1, -0.05) is 0 Å². The molecule has 0 aliphatic carbocycles. The number of hydrogen-bond acceptors (Lipinski definition) is 2. The Morgan fingerprint density at radius 1 is 1.50 bits per heavy atom. The molecule has 4 N–H and O–H groups in total. The van der Waals surface area contributed by atoms with Crippen LogP contribution in [0.2, 0.25) is 0 Å². The van der Waals surface area contributed by atoms with Gasteiger partial charge in [0.1, 0.15) is 0 Å². The fraction of sp³-hybridized carbons (Fsp3) is 0.500. The summed E-state index contributed by atoms with van der Waals surface area (Å²) in [4.78, 5) is 13.6. The van der Waals surface area contributed by atoms with Gasteiger partial charge in [-0.15, -0.1) is 0 Å². The van der Waals surface area contributed by atoms with Crippen LogP contribution in [0.3, 0.4) is 0 Å². The van der Waals surface area contributed by atoms with Gasteiger partial charge in [0.2, 0.25) is 5.24 Å². The maximum atomic E-state index is 10.0. The molecule has 0 atom stereocenters. The quantitative estimate of drug-likeness (QED) is 0.342. The lowest BCUT2D eigenvalue weighted by atomic mass is 10.5. The van der Waals surface area contributed by atoms with E-state index >= 15 is 0 Å². The summed E-state index contributed by atoms with van der Waals surface area (Å²) in [6.45, 7) is 0.269. The lowest BCUT2D eigenvalue weighted by Crippen LogP contribution is -2.23. The zero-order valence-electron chi connectivity index (χ0n) is 5.21. The molecule has 0 aromatic heterocycles. The van der Waals surface area contributed by atoms with E-state index < -0.39 is 5.24 Å². The molecule has 0 spiro atoms. The minimum absolute atomic E-state index is 0. The first-order valence-electron chi connectivity index (χ1n) is 2.36. The average Bonchev–Trinajstić information content (AvgIpc) is 1.63. The summed E-state index contributed by atoms with van der Waals surface area (Å²) in [6, 6.07) is 0. The van der Waals surface area contributed by atoms with E-state index in [-0.39, 0.29) is 23.6 Å². The molecule has 0 rings (SSSR count). The highest BCUT2D eigenvalue weighted by molar-refractivity contribution is 6.63. The van der Waals surface area contributed by atoms with Crippen molar-refractivity contribution in [2.75, 3.05) is 6.54 Å². The van der Waals surface area contributed by atoms with Crippen LogP contribution in [0.1, 0.15) is 6.42 Å². The summed E-state index contributed by atoms with van der Waals surface area (Å²) < 4.78 is 0. The third kappa shape index (κ3) is 10.2. The summed E-state index contributed by atoms with van der Waals surface area (Å²) >= 11 is 4.97. The van der Waals surface area contributed by atoms with Crippen LogP contribution >= 0.6 is 11.6 Å². The zero-order valence-corrected chi connectivity index (χ0v) is 5.97. The fourth-order valence-electron chi connectivity index (χ4n) is 0.273. The third-order valence-electron chi connectivity index (χ3n) is 0.603. The van der Waals surface area contributed by atoms with Crippen LogP contribution in [0.5, 0.6) is 0 Å². The largest absolute Gasteiger partial charge is 0.370 e. The molecule has 0 amide bonds. The van der Waals surface area contributed by atoms with Gasteiger partial charge in [0, 0.05) is 6.42 Å². The van der Waals surface area contributed by atoms with Crippen molar-refractivity contribution < 1.29 is 9.50 Å². The Morgan fingerprint density at radius 2 is 2.00 bits per heavy atom. The summed E-state index contributed by atoms with van der Waals surface area (Å²) in [5, 5.41) is -0.431. The van der Waals surface area contributed by atoms with Crippen LogP contribution < -0.4 is 11.5 Å². The van der Waals surface area contributed by atoms with Gasteiger partial charge in [-0.05, 0) is 11.6 Å². The Hall–Kier alpha value is -0.840. The highest BCUT2D eigenvalue weighted by Crippen LogP contribution is 1.87. The Labute approximate surface area is 62.6 Å². The van der Waals surface area contributed by atoms with E-state index in [1.807, 2.05) is 0 Å². The number of carbonyl (C=O) groups excluding carboxylic acids is 1. The van der Waals surface area contributed by atoms with Gasteiger partial charge in [-0.2, -0.15) is 0 Å². The van der Waals surface area contributed by atoms with E-state index in [4.69, 9.17) is 23.1 Å². The van der Waals surface area contributed by atoms with Gasteiger partial charge in [-0.25, -0.2) is 0 Å². The highest BCUT2D eigenvalue weighted by atomic mass is 35.5. The Balaban J connectivity index is 0. The van der Waals surface area contributed by atoms with Crippen molar-refractivity contribution in [3.8, 4) is 0 Å². The van der Waals surface area contributed by atoms with Crippen LogP contribution in [0.25, 0.3) is 0 Å². The molecule has 0 fully saturated rings. The van der Waals surface area contributed by atoms with Crippen LogP contribution in [0.15, 0.2) is 4.99 Å². The third-order valence-corrected chi connectivity index (χ3v) is 0.792. The van der Waals surface area contributed by atoms with Gasteiger partial charge in [0.05, 0.1) is 6.54 Å². The minimum atomic E-state index is -0.431. The van der Waals surface area contributed by atoms with Crippen molar-refractivity contribution in [1.29, 1.82) is 0 Å². The molecule has 0 heterocycles. The zero-order chi connectivity index (χ0) is 7.28. The normalized spacial score (nSPS) is 7.70. The first-order valence-corrected chi connectivity index (χ1v) is 2.74. The van der Waals surface area contributed by atoms with Crippen LogP contribution in [0, 0.1) is 0 Å². The molecule has 0 bridgehead atoms. The second kappa shape index (κ2) is 6.28. The van der Waals surface area contributed by atoms with Crippen molar-refractivity contribution in [1.82, 2.24) is 0 Å². The number of rotatable bonds is 3. The lowest BCUT2D eigenvalue weighted by molar-refractivity contribution is -0.111. The molecular formula is C4H9ClFN3O. The van der Waals surface area contributed by atoms with E-state index in [1.54, 1.807) is 0 Å². The number of halogens is 2. The van der Waals surface area contributed by atoms with Gasteiger partial charge in [0.25, 0.3) is 0 Å². The van der Waals surface area contributed by atoms with E-state index in [9.17, 15) is 4.79 Å². The van der Waals surface area contributed by atoms with Crippen molar-refractivity contribution in [3.05, 3.63) is 0 Å². The molecule has 0 aromatic rings. The molecule has 0 aliphatic heterocycles. The molecule has 0 radical (unpaired) electrons. The topological polar surface area (TPSA) is 81.5 Å². The van der Waals surface area contributed by atoms with E-state index in [2.05, 4.69) is 4.99 Å². The first-order chi connectivity index (χ1) is 4.13. The molecular weight excluding hydrogens is 161 g/mol. The molecule has 0 aliphatic rings. The van der Waals surface area contributed by atoms with Gasteiger partial charge < -0.3 is 11.5 Å². The first kappa shape index (κ1) is 11.9. The van der Waals surface area contributed by atoms with E-state index in [0.29, 0.717) is 0 Å². The number of nitrogens with zero attached hydrogens (tertiary/aromatic N) is 1. The maximum absolute atomic E-state index is 10.0. The molecule has 60 valence electrons. The van der Waals surface area contributed by atoms with Crippen LogP contribution in [-0.2, 0) is 4.79 Å². The number of carbonyl (C=O) groups is 1. The lowest BCUT2D eigenvalue weighted by Gasteiger charge is -1.88. The van der Waals surface area contributed by atoms with Gasteiger partial charge in [-0.3, -0.25) is 14.5 Å². The average molecular weight is 170 g/mol.